The van der Waals surface area contributed by atoms with Crippen LogP contribution < -0.4 is 5.32 Å². The molecular formula is C18H19ClN4OS2. The van der Waals surface area contributed by atoms with Crippen LogP contribution in [-0.2, 0) is 18.3 Å². The van der Waals surface area contributed by atoms with Crippen molar-refractivity contribution >= 4 is 46.3 Å². The molecule has 2 heterocycles. The molecule has 1 amide bonds. The molecule has 2 aromatic heterocycles. The first-order chi connectivity index (χ1) is 12.5. The summed E-state index contributed by atoms with van der Waals surface area (Å²) >= 11 is 9.14. The van der Waals surface area contributed by atoms with Crippen molar-refractivity contribution in [2.45, 2.75) is 25.4 Å². The Morgan fingerprint density at radius 1 is 1.35 bits per heavy atom. The summed E-state index contributed by atoms with van der Waals surface area (Å²) in [5.74, 6) is 0.939. The smallest absolute Gasteiger partial charge is 0.234 e. The number of halogens is 1. The zero-order chi connectivity index (χ0) is 18.7. The van der Waals surface area contributed by atoms with E-state index in [1.54, 1.807) is 23.5 Å². The standard InChI is InChI=1S/C18H19ClN4OS2/c1-4-12-11(2)25-9-13(12)17-21-22-18(23(17)3)26-10-16(24)20-15-8-6-5-7-14(15)19/h5-9H,4,10H2,1-3H3,(H,20,24). The summed E-state index contributed by atoms with van der Waals surface area (Å²) in [5, 5.41) is 14.7. The third-order valence-electron chi connectivity index (χ3n) is 4.01. The fourth-order valence-electron chi connectivity index (χ4n) is 2.66. The molecule has 0 saturated heterocycles. The quantitative estimate of drug-likeness (QED) is 0.597. The minimum Gasteiger partial charge on any atom is -0.324 e. The van der Waals surface area contributed by atoms with Gasteiger partial charge in [0.25, 0.3) is 0 Å². The first-order valence-electron chi connectivity index (χ1n) is 8.15. The van der Waals surface area contributed by atoms with Crippen LogP contribution in [0.3, 0.4) is 0 Å². The Hall–Kier alpha value is -1.83. The van der Waals surface area contributed by atoms with Crippen LogP contribution in [0, 0.1) is 6.92 Å². The maximum Gasteiger partial charge on any atom is 0.234 e. The third kappa shape index (κ3) is 3.95. The molecule has 1 N–H and O–H groups in total. The minimum absolute atomic E-state index is 0.131. The van der Waals surface area contributed by atoms with E-state index in [1.165, 1.54) is 22.2 Å². The van der Waals surface area contributed by atoms with Gasteiger partial charge in [-0.05, 0) is 31.0 Å². The highest BCUT2D eigenvalue weighted by atomic mass is 35.5. The van der Waals surface area contributed by atoms with Gasteiger partial charge in [-0.1, -0.05) is 42.4 Å². The second-order valence-electron chi connectivity index (χ2n) is 5.72. The maximum atomic E-state index is 12.2. The SMILES string of the molecule is CCc1c(-c2nnc(SCC(=O)Nc3ccccc3Cl)n2C)csc1C. The van der Waals surface area contributed by atoms with Crippen LogP contribution in [0.4, 0.5) is 5.69 Å². The fourth-order valence-corrected chi connectivity index (χ4v) is 4.49. The Labute approximate surface area is 165 Å². The number of hydrogen-bond acceptors (Lipinski definition) is 5. The van der Waals surface area contributed by atoms with Gasteiger partial charge in [-0.2, -0.15) is 0 Å². The van der Waals surface area contributed by atoms with Crippen LogP contribution >= 0.6 is 34.7 Å². The molecule has 0 bridgehead atoms. The van der Waals surface area contributed by atoms with E-state index in [9.17, 15) is 4.79 Å². The summed E-state index contributed by atoms with van der Waals surface area (Å²) < 4.78 is 1.94. The number of carbonyl (C=O) groups excluding carboxylic acids is 1. The lowest BCUT2D eigenvalue weighted by Crippen LogP contribution is -2.14. The number of aryl methyl sites for hydroxylation is 1. The Bertz CT molecular complexity index is 935. The predicted octanol–water partition coefficient (Wildman–Crippen LogP) is 4.80. The van der Waals surface area contributed by atoms with E-state index < -0.39 is 0 Å². The number of anilines is 1. The summed E-state index contributed by atoms with van der Waals surface area (Å²) in [4.78, 5) is 13.5. The van der Waals surface area contributed by atoms with Crippen molar-refractivity contribution in [2.75, 3.05) is 11.1 Å². The van der Waals surface area contributed by atoms with Gasteiger partial charge in [0.1, 0.15) is 0 Å². The molecule has 0 atom stereocenters. The number of carbonyl (C=O) groups is 1. The predicted molar refractivity (Wildman–Crippen MR) is 109 cm³/mol. The average Bonchev–Trinajstić information content (AvgIpc) is 3.17. The van der Waals surface area contributed by atoms with Crippen molar-refractivity contribution in [3.05, 3.63) is 45.1 Å². The van der Waals surface area contributed by atoms with Crippen molar-refractivity contribution in [1.29, 1.82) is 0 Å². The van der Waals surface area contributed by atoms with Gasteiger partial charge in [0.05, 0.1) is 16.5 Å². The molecule has 26 heavy (non-hydrogen) atoms. The third-order valence-corrected chi connectivity index (χ3v) is 6.32. The lowest BCUT2D eigenvalue weighted by molar-refractivity contribution is -0.113. The number of thioether (sulfide) groups is 1. The minimum atomic E-state index is -0.131. The molecule has 0 saturated carbocycles. The highest BCUT2D eigenvalue weighted by Gasteiger charge is 2.17. The first kappa shape index (κ1) is 18.9. The number of hydrogen-bond donors (Lipinski definition) is 1. The number of para-hydroxylation sites is 1. The van der Waals surface area contributed by atoms with Crippen LogP contribution in [0.1, 0.15) is 17.4 Å². The van der Waals surface area contributed by atoms with E-state index in [4.69, 9.17) is 11.6 Å². The Balaban J connectivity index is 1.69. The summed E-state index contributed by atoms with van der Waals surface area (Å²) in [5.41, 5.74) is 3.04. The van der Waals surface area contributed by atoms with E-state index in [2.05, 4.69) is 34.7 Å². The number of rotatable bonds is 6. The Kier molecular flexibility index (Phi) is 6.01. The maximum absolute atomic E-state index is 12.2. The second-order valence-corrected chi connectivity index (χ2v) is 8.15. The first-order valence-corrected chi connectivity index (χ1v) is 10.4. The number of benzene rings is 1. The molecule has 0 unspecified atom stereocenters. The van der Waals surface area contributed by atoms with Crippen molar-refractivity contribution in [2.24, 2.45) is 7.05 Å². The molecule has 8 heteroatoms. The molecule has 0 aliphatic carbocycles. The van der Waals surface area contributed by atoms with Gasteiger partial charge in [-0.25, -0.2) is 0 Å². The second kappa shape index (κ2) is 8.24. The number of thiophene rings is 1. The average molecular weight is 407 g/mol. The van der Waals surface area contributed by atoms with Crippen LogP contribution in [0.25, 0.3) is 11.4 Å². The molecular weight excluding hydrogens is 388 g/mol. The van der Waals surface area contributed by atoms with Gasteiger partial charge in [-0.3, -0.25) is 4.79 Å². The molecule has 0 spiro atoms. The van der Waals surface area contributed by atoms with Crippen molar-refractivity contribution in [3.63, 3.8) is 0 Å². The lowest BCUT2D eigenvalue weighted by Gasteiger charge is -2.07. The van der Waals surface area contributed by atoms with Gasteiger partial charge >= 0.3 is 0 Å². The summed E-state index contributed by atoms with van der Waals surface area (Å²) in [6, 6.07) is 7.17. The fraction of sp³-hybridized carbons (Fsp3) is 0.278. The van der Waals surface area contributed by atoms with Crippen LogP contribution in [0.5, 0.6) is 0 Å². The van der Waals surface area contributed by atoms with E-state index in [0.717, 1.165) is 17.8 Å². The lowest BCUT2D eigenvalue weighted by atomic mass is 10.1. The molecule has 3 aromatic rings. The zero-order valence-corrected chi connectivity index (χ0v) is 17.1. The van der Waals surface area contributed by atoms with E-state index in [0.29, 0.717) is 15.9 Å². The topological polar surface area (TPSA) is 59.8 Å². The molecule has 0 radical (unpaired) electrons. The molecule has 0 aliphatic heterocycles. The van der Waals surface area contributed by atoms with E-state index in [1.807, 2.05) is 23.7 Å². The van der Waals surface area contributed by atoms with Crippen LogP contribution in [0.2, 0.25) is 5.02 Å². The summed E-state index contributed by atoms with van der Waals surface area (Å²) in [6.45, 7) is 4.27. The van der Waals surface area contributed by atoms with Crippen molar-refractivity contribution < 1.29 is 4.79 Å². The zero-order valence-electron chi connectivity index (χ0n) is 14.7. The van der Waals surface area contributed by atoms with Gasteiger partial charge < -0.3 is 9.88 Å². The number of aromatic nitrogens is 3. The number of amides is 1. The van der Waals surface area contributed by atoms with Crippen LogP contribution in [-0.4, -0.2) is 26.4 Å². The molecule has 3 rings (SSSR count). The highest BCUT2D eigenvalue weighted by Crippen LogP contribution is 2.32. The monoisotopic (exact) mass is 406 g/mol. The Morgan fingerprint density at radius 2 is 2.12 bits per heavy atom. The summed E-state index contributed by atoms with van der Waals surface area (Å²) in [7, 11) is 1.93. The van der Waals surface area contributed by atoms with Crippen molar-refractivity contribution in [1.82, 2.24) is 14.8 Å². The van der Waals surface area contributed by atoms with Gasteiger partial charge in [0.2, 0.25) is 5.91 Å². The van der Waals surface area contributed by atoms with Crippen LogP contribution in [0.15, 0.2) is 34.8 Å². The molecule has 0 aliphatic rings. The number of nitrogens with one attached hydrogen (secondary N) is 1. The molecule has 5 nitrogen and oxygen atoms in total. The largest absolute Gasteiger partial charge is 0.324 e. The van der Waals surface area contributed by atoms with E-state index >= 15 is 0 Å². The van der Waals surface area contributed by atoms with Gasteiger partial charge in [-0.15, -0.1) is 21.5 Å². The molecule has 1 aromatic carbocycles. The summed E-state index contributed by atoms with van der Waals surface area (Å²) in [6.07, 6.45) is 0.959. The van der Waals surface area contributed by atoms with Gasteiger partial charge in [0.15, 0.2) is 11.0 Å². The van der Waals surface area contributed by atoms with Crippen molar-refractivity contribution in [3.8, 4) is 11.4 Å². The Morgan fingerprint density at radius 3 is 2.85 bits per heavy atom. The normalized spacial score (nSPS) is 10.9. The van der Waals surface area contributed by atoms with Gasteiger partial charge in [0, 0.05) is 22.9 Å². The molecule has 0 fully saturated rings. The molecule has 136 valence electrons. The number of nitrogens with zero attached hydrogens (tertiary/aromatic N) is 3. The highest BCUT2D eigenvalue weighted by molar-refractivity contribution is 7.99. The van der Waals surface area contributed by atoms with E-state index in [-0.39, 0.29) is 11.7 Å².